The average Bonchev–Trinajstić information content (AvgIpc) is 2.77. The summed E-state index contributed by atoms with van der Waals surface area (Å²) in [6.45, 7) is -3.22. The lowest BCUT2D eigenvalue weighted by Crippen LogP contribution is -2.14. The number of aliphatic hydroxyl groups excluding tert-OH is 1. The maximum Gasteiger partial charge on any atom is 0.387 e. The highest BCUT2D eigenvalue weighted by Crippen LogP contribution is 2.32. The quantitative estimate of drug-likeness (QED) is 0.299. The van der Waals surface area contributed by atoms with Crippen molar-refractivity contribution >= 4 is 40.8 Å². The van der Waals surface area contributed by atoms with Crippen LogP contribution in [0.1, 0.15) is 36.0 Å². The molecular formula is C21H22Cl2F2N2O6. The van der Waals surface area contributed by atoms with Crippen molar-refractivity contribution in [2.75, 3.05) is 25.1 Å². The molecule has 0 aliphatic carbocycles. The van der Waals surface area contributed by atoms with Crippen molar-refractivity contribution in [3.05, 3.63) is 46.2 Å². The number of unbranched alkanes of at least 4 members (excludes halogenated alkanes) is 2. The van der Waals surface area contributed by atoms with Crippen molar-refractivity contribution in [3.8, 4) is 11.5 Å². The summed E-state index contributed by atoms with van der Waals surface area (Å²) in [4.78, 5) is 27.8. The zero-order chi connectivity index (χ0) is 24.2. The molecule has 2 N–H and O–H groups in total. The van der Waals surface area contributed by atoms with Crippen LogP contribution in [-0.4, -0.2) is 48.4 Å². The number of hydrogen-bond donors (Lipinski definition) is 2. The Morgan fingerprint density at radius 3 is 2.45 bits per heavy atom. The molecular weight excluding hydrogens is 485 g/mol. The van der Waals surface area contributed by atoms with E-state index in [2.05, 4.69) is 15.0 Å². The molecule has 0 spiro atoms. The number of aromatic nitrogens is 1. The Kier molecular flexibility index (Phi) is 11.1. The van der Waals surface area contributed by atoms with Gasteiger partial charge in [-0.3, -0.25) is 14.6 Å². The normalized spacial score (nSPS) is 10.7. The van der Waals surface area contributed by atoms with Gasteiger partial charge in [0.2, 0.25) is 0 Å². The zero-order valence-electron chi connectivity index (χ0n) is 17.4. The molecule has 0 bridgehead atoms. The third-order valence-corrected chi connectivity index (χ3v) is 4.72. The van der Waals surface area contributed by atoms with E-state index < -0.39 is 18.5 Å². The number of halogens is 4. The lowest BCUT2D eigenvalue weighted by molar-refractivity contribution is -0.144. The highest BCUT2D eigenvalue weighted by molar-refractivity contribution is 6.39. The number of amides is 1. The lowest BCUT2D eigenvalue weighted by Gasteiger charge is -2.14. The van der Waals surface area contributed by atoms with Crippen LogP contribution in [0.5, 0.6) is 11.5 Å². The van der Waals surface area contributed by atoms with Gasteiger partial charge in [0.15, 0.2) is 11.5 Å². The third kappa shape index (κ3) is 8.99. The summed E-state index contributed by atoms with van der Waals surface area (Å²) >= 11 is 12.0. The van der Waals surface area contributed by atoms with Crippen LogP contribution in [0.25, 0.3) is 0 Å². The van der Waals surface area contributed by atoms with Gasteiger partial charge in [-0.2, -0.15) is 8.78 Å². The molecule has 2 rings (SSSR count). The first-order valence-corrected chi connectivity index (χ1v) is 10.7. The highest BCUT2D eigenvalue weighted by Gasteiger charge is 2.17. The second kappa shape index (κ2) is 13.8. The van der Waals surface area contributed by atoms with Crippen molar-refractivity contribution in [1.29, 1.82) is 0 Å². The summed E-state index contributed by atoms with van der Waals surface area (Å²) in [5.74, 6) is -1.28. The summed E-state index contributed by atoms with van der Waals surface area (Å²) < 4.78 is 40.2. The summed E-state index contributed by atoms with van der Waals surface area (Å²) in [7, 11) is 0. The van der Waals surface area contributed by atoms with Gasteiger partial charge < -0.3 is 24.6 Å². The number of benzene rings is 1. The zero-order valence-corrected chi connectivity index (χ0v) is 18.9. The molecule has 1 aromatic heterocycles. The first-order chi connectivity index (χ1) is 15.8. The molecule has 1 heterocycles. The number of hydrogen-bond acceptors (Lipinski definition) is 7. The molecule has 33 heavy (non-hydrogen) atoms. The number of aliphatic hydroxyl groups is 1. The monoisotopic (exact) mass is 506 g/mol. The first kappa shape index (κ1) is 26.6. The van der Waals surface area contributed by atoms with Gasteiger partial charge in [-0.25, -0.2) is 0 Å². The number of alkyl halides is 2. The van der Waals surface area contributed by atoms with Crippen molar-refractivity contribution < 1.29 is 37.7 Å². The number of nitrogens with zero attached hydrogens (tertiary/aromatic N) is 1. The van der Waals surface area contributed by atoms with E-state index in [1.165, 1.54) is 30.6 Å². The van der Waals surface area contributed by atoms with Crippen LogP contribution in [-0.2, 0) is 9.53 Å². The van der Waals surface area contributed by atoms with Crippen molar-refractivity contribution in [3.63, 3.8) is 0 Å². The molecule has 0 saturated heterocycles. The van der Waals surface area contributed by atoms with Crippen molar-refractivity contribution in [2.45, 2.75) is 32.3 Å². The molecule has 12 heteroatoms. The van der Waals surface area contributed by atoms with Crippen molar-refractivity contribution in [1.82, 2.24) is 4.98 Å². The minimum Gasteiger partial charge on any atom is -0.490 e. The fourth-order valence-electron chi connectivity index (χ4n) is 2.63. The molecule has 8 nitrogen and oxygen atoms in total. The number of rotatable bonds is 13. The van der Waals surface area contributed by atoms with Crippen LogP contribution >= 0.6 is 23.2 Å². The van der Waals surface area contributed by atoms with Crippen LogP contribution in [0.2, 0.25) is 10.0 Å². The van der Waals surface area contributed by atoms with Gasteiger partial charge >= 0.3 is 12.6 Å². The van der Waals surface area contributed by atoms with E-state index in [4.69, 9.17) is 37.8 Å². The van der Waals surface area contributed by atoms with Gasteiger partial charge in [0.1, 0.15) is 6.61 Å². The second-order valence-electron chi connectivity index (χ2n) is 6.58. The van der Waals surface area contributed by atoms with Gasteiger partial charge in [0.05, 0.1) is 28.9 Å². The van der Waals surface area contributed by atoms with E-state index >= 15 is 0 Å². The van der Waals surface area contributed by atoms with Gasteiger partial charge in [0.25, 0.3) is 5.91 Å². The van der Waals surface area contributed by atoms with Crippen LogP contribution in [0.3, 0.4) is 0 Å². The third-order valence-electron chi connectivity index (χ3n) is 4.15. The predicted molar refractivity (Wildman–Crippen MR) is 117 cm³/mol. The molecule has 0 saturated carbocycles. The second-order valence-corrected chi connectivity index (χ2v) is 7.39. The lowest BCUT2D eigenvalue weighted by atomic mass is 10.1. The molecule has 0 aliphatic rings. The van der Waals surface area contributed by atoms with Gasteiger partial charge in [0, 0.05) is 24.4 Å². The van der Waals surface area contributed by atoms with Gasteiger partial charge in [-0.1, -0.05) is 23.2 Å². The van der Waals surface area contributed by atoms with E-state index in [0.29, 0.717) is 19.3 Å². The molecule has 0 radical (unpaired) electrons. The van der Waals surface area contributed by atoms with E-state index in [1.54, 1.807) is 0 Å². The number of esters is 1. The topological polar surface area (TPSA) is 107 Å². The highest BCUT2D eigenvalue weighted by atomic mass is 35.5. The maximum absolute atomic E-state index is 12.7. The molecule has 1 amide bonds. The number of carbonyl (C=O) groups is 2. The molecule has 180 valence electrons. The Morgan fingerprint density at radius 1 is 1.06 bits per heavy atom. The summed E-state index contributed by atoms with van der Waals surface area (Å²) in [6.07, 6.45) is 4.46. The Hall–Kier alpha value is -2.69. The molecule has 0 unspecified atom stereocenters. The Morgan fingerprint density at radius 2 is 1.79 bits per heavy atom. The standard InChI is InChI=1S/C21H22Cl2F2N2O6/c22-14-11-26-12-15(23)19(14)27-20(30)13-5-6-16(33-21(24)25)17(10-13)31-8-3-1-2-4-18(29)32-9-7-28/h5-6,10-12,21,28H,1-4,7-9H2,(H,26,27,30). The van der Waals surface area contributed by atoms with E-state index in [-0.39, 0.29) is 59.0 Å². The number of carbonyl (C=O) groups excluding carboxylic acids is 2. The van der Waals surface area contributed by atoms with Crippen LogP contribution in [0, 0.1) is 0 Å². The fraction of sp³-hybridized carbons (Fsp3) is 0.381. The fourth-order valence-corrected chi connectivity index (χ4v) is 3.09. The Bertz CT molecular complexity index is 929. The molecule has 2 aromatic rings. The number of ether oxygens (including phenoxy) is 3. The number of anilines is 1. The van der Waals surface area contributed by atoms with Crippen LogP contribution in [0.15, 0.2) is 30.6 Å². The van der Waals surface area contributed by atoms with E-state index in [0.717, 1.165) is 0 Å². The Labute approximate surface area is 198 Å². The summed E-state index contributed by atoms with van der Waals surface area (Å²) in [6, 6.07) is 3.76. The van der Waals surface area contributed by atoms with E-state index in [1.807, 2.05) is 0 Å². The average molecular weight is 507 g/mol. The van der Waals surface area contributed by atoms with Gasteiger partial charge in [-0.15, -0.1) is 0 Å². The number of pyridine rings is 1. The maximum atomic E-state index is 12.7. The molecule has 0 atom stereocenters. The first-order valence-electron chi connectivity index (χ1n) is 9.90. The van der Waals surface area contributed by atoms with Gasteiger partial charge in [-0.05, 0) is 37.5 Å². The smallest absolute Gasteiger partial charge is 0.387 e. The minimum absolute atomic E-state index is 0.0433. The predicted octanol–water partition coefficient (Wildman–Crippen LogP) is 4.72. The molecule has 0 aliphatic heterocycles. The summed E-state index contributed by atoms with van der Waals surface area (Å²) in [5.41, 5.74) is 0.258. The number of nitrogens with one attached hydrogen (secondary N) is 1. The van der Waals surface area contributed by atoms with Crippen LogP contribution < -0.4 is 14.8 Å². The van der Waals surface area contributed by atoms with Crippen LogP contribution in [0.4, 0.5) is 14.5 Å². The largest absolute Gasteiger partial charge is 0.490 e. The summed E-state index contributed by atoms with van der Waals surface area (Å²) in [5, 5.41) is 11.4. The molecule has 0 fully saturated rings. The SMILES string of the molecule is O=C(CCCCCOc1cc(C(=O)Nc2c(Cl)cncc2Cl)ccc1OC(F)F)OCCO. The Balaban J connectivity index is 1.98. The minimum atomic E-state index is -3.08. The van der Waals surface area contributed by atoms with Crippen molar-refractivity contribution in [2.24, 2.45) is 0 Å². The molecule has 1 aromatic carbocycles. The van der Waals surface area contributed by atoms with E-state index in [9.17, 15) is 18.4 Å².